The van der Waals surface area contributed by atoms with Gasteiger partial charge in [-0.3, -0.25) is 9.88 Å². The molecule has 0 aromatic carbocycles. The number of pyridine rings is 1. The molecular weight excluding hydrogens is 214 g/mol. The molecule has 0 atom stereocenters. The molecule has 17 heavy (non-hydrogen) atoms. The van der Waals surface area contributed by atoms with Gasteiger partial charge in [-0.1, -0.05) is 6.07 Å². The molecule has 0 fully saturated rings. The van der Waals surface area contributed by atoms with Crippen molar-refractivity contribution in [1.29, 1.82) is 0 Å². The predicted octanol–water partition coefficient (Wildman–Crippen LogP) is 1.40. The molecule has 0 spiro atoms. The third-order valence-electron chi connectivity index (χ3n) is 2.43. The van der Waals surface area contributed by atoms with E-state index in [0.29, 0.717) is 12.6 Å². The number of ether oxygens (including phenoxy) is 1. The monoisotopic (exact) mass is 237 g/mol. The molecule has 4 nitrogen and oxygen atoms in total. The summed E-state index contributed by atoms with van der Waals surface area (Å²) in [4.78, 5) is 6.67. The first-order chi connectivity index (χ1) is 8.11. The van der Waals surface area contributed by atoms with Crippen molar-refractivity contribution in [3.05, 3.63) is 29.6 Å². The van der Waals surface area contributed by atoms with Crippen LogP contribution in [0.15, 0.2) is 18.2 Å². The van der Waals surface area contributed by atoms with Crippen LogP contribution in [-0.2, 0) is 17.8 Å². The van der Waals surface area contributed by atoms with Crippen LogP contribution in [-0.4, -0.2) is 36.2 Å². The van der Waals surface area contributed by atoms with Crippen LogP contribution in [0.1, 0.15) is 25.2 Å². The highest BCUT2D eigenvalue weighted by Gasteiger charge is 2.03. The minimum absolute atomic E-state index is 0.294. The number of hydrogen-bond acceptors (Lipinski definition) is 4. The Kier molecular flexibility index (Phi) is 6.11. The fourth-order valence-electron chi connectivity index (χ4n) is 1.53. The summed E-state index contributed by atoms with van der Waals surface area (Å²) < 4.78 is 5.51. The van der Waals surface area contributed by atoms with Gasteiger partial charge in [-0.25, -0.2) is 0 Å². The van der Waals surface area contributed by atoms with Gasteiger partial charge in [0.2, 0.25) is 0 Å². The van der Waals surface area contributed by atoms with E-state index in [1.54, 1.807) is 0 Å². The summed E-state index contributed by atoms with van der Waals surface area (Å²) in [5.41, 5.74) is 7.56. The van der Waals surface area contributed by atoms with E-state index in [4.69, 9.17) is 10.5 Å². The number of hydrogen-bond donors (Lipinski definition) is 1. The highest BCUT2D eigenvalue weighted by molar-refractivity contribution is 5.10. The van der Waals surface area contributed by atoms with E-state index in [-0.39, 0.29) is 0 Å². The van der Waals surface area contributed by atoms with Crippen molar-refractivity contribution < 1.29 is 4.74 Å². The molecule has 0 aliphatic heterocycles. The zero-order valence-corrected chi connectivity index (χ0v) is 11.0. The third-order valence-corrected chi connectivity index (χ3v) is 2.43. The first-order valence-corrected chi connectivity index (χ1v) is 6.07. The molecule has 0 bridgehead atoms. The average Bonchev–Trinajstić information content (AvgIpc) is 2.28. The van der Waals surface area contributed by atoms with E-state index < -0.39 is 0 Å². The molecule has 0 amide bonds. The summed E-state index contributed by atoms with van der Waals surface area (Å²) >= 11 is 0. The fraction of sp³-hybridized carbons (Fsp3) is 0.615. The van der Waals surface area contributed by atoms with Gasteiger partial charge in [0, 0.05) is 19.6 Å². The van der Waals surface area contributed by atoms with Gasteiger partial charge in [-0.15, -0.1) is 0 Å². The number of likely N-dealkylation sites (N-methyl/N-ethyl adjacent to an activating group) is 1. The summed E-state index contributed by atoms with van der Waals surface area (Å²) in [6, 6.07) is 5.98. The molecule has 0 saturated carbocycles. The number of aromatic nitrogens is 1. The van der Waals surface area contributed by atoms with Gasteiger partial charge < -0.3 is 10.5 Å². The van der Waals surface area contributed by atoms with Gasteiger partial charge in [0.15, 0.2) is 0 Å². The van der Waals surface area contributed by atoms with Crippen molar-refractivity contribution in [2.24, 2.45) is 5.73 Å². The van der Waals surface area contributed by atoms with E-state index in [0.717, 1.165) is 31.1 Å². The van der Waals surface area contributed by atoms with Crippen LogP contribution in [0.5, 0.6) is 0 Å². The molecule has 1 heterocycles. The van der Waals surface area contributed by atoms with Crippen LogP contribution in [0.2, 0.25) is 0 Å². The summed E-state index contributed by atoms with van der Waals surface area (Å²) in [6.07, 6.45) is 0.294. The Morgan fingerprint density at radius 1 is 1.35 bits per heavy atom. The first kappa shape index (κ1) is 14.1. The molecular formula is C13H23N3O. The maximum Gasteiger partial charge on any atom is 0.0596 e. The van der Waals surface area contributed by atoms with Gasteiger partial charge in [0.25, 0.3) is 0 Å². The van der Waals surface area contributed by atoms with E-state index in [1.807, 2.05) is 32.0 Å². The molecule has 4 heteroatoms. The highest BCUT2D eigenvalue weighted by Crippen LogP contribution is 2.02. The fourth-order valence-corrected chi connectivity index (χ4v) is 1.53. The number of nitrogens with zero attached hydrogens (tertiary/aromatic N) is 2. The van der Waals surface area contributed by atoms with E-state index in [1.165, 1.54) is 0 Å². The van der Waals surface area contributed by atoms with Crippen LogP contribution < -0.4 is 5.73 Å². The summed E-state index contributed by atoms with van der Waals surface area (Å²) in [7, 11) is 2.07. The molecule has 1 aromatic heterocycles. The Morgan fingerprint density at radius 2 is 2.06 bits per heavy atom. The summed E-state index contributed by atoms with van der Waals surface area (Å²) in [5.74, 6) is 0. The lowest BCUT2D eigenvalue weighted by atomic mass is 10.3. The summed E-state index contributed by atoms with van der Waals surface area (Å²) in [5, 5.41) is 0. The van der Waals surface area contributed by atoms with Gasteiger partial charge in [0.1, 0.15) is 0 Å². The molecule has 1 aromatic rings. The molecule has 96 valence electrons. The topological polar surface area (TPSA) is 51.4 Å². The van der Waals surface area contributed by atoms with Gasteiger partial charge in [-0.05, 0) is 33.0 Å². The quantitative estimate of drug-likeness (QED) is 0.779. The van der Waals surface area contributed by atoms with Gasteiger partial charge >= 0.3 is 0 Å². The maximum atomic E-state index is 5.57. The molecule has 1 rings (SSSR count). The second kappa shape index (κ2) is 7.37. The van der Waals surface area contributed by atoms with E-state index >= 15 is 0 Å². The van der Waals surface area contributed by atoms with Crippen molar-refractivity contribution in [3.63, 3.8) is 0 Å². The van der Waals surface area contributed by atoms with Crippen molar-refractivity contribution in [2.45, 2.75) is 33.0 Å². The van der Waals surface area contributed by atoms with Crippen LogP contribution >= 0.6 is 0 Å². The van der Waals surface area contributed by atoms with Crippen molar-refractivity contribution >= 4 is 0 Å². The number of rotatable bonds is 7. The van der Waals surface area contributed by atoms with Crippen LogP contribution in [0.3, 0.4) is 0 Å². The SMILES string of the molecule is CC(C)OCCN(C)Cc1cccc(CN)n1. The van der Waals surface area contributed by atoms with Crippen molar-refractivity contribution in [1.82, 2.24) is 9.88 Å². The Labute approximate surface area is 104 Å². The molecule has 0 radical (unpaired) electrons. The zero-order valence-electron chi connectivity index (χ0n) is 11.0. The second-order valence-corrected chi connectivity index (χ2v) is 4.48. The molecule has 2 N–H and O–H groups in total. The highest BCUT2D eigenvalue weighted by atomic mass is 16.5. The maximum absolute atomic E-state index is 5.57. The Hall–Kier alpha value is -0.970. The minimum Gasteiger partial charge on any atom is -0.377 e. The summed E-state index contributed by atoms with van der Waals surface area (Å²) in [6.45, 7) is 7.08. The lowest BCUT2D eigenvalue weighted by Crippen LogP contribution is -2.24. The van der Waals surface area contributed by atoms with E-state index in [2.05, 4.69) is 16.9 Å². The normalized spacial score (nSPS) is 11.4. The smallest absolute Gasteiger partial charge is 0.0596 e. The van der Waals surface area contributed by atoms with Gasteiger partial charge in [0.05, 0.1) is 24.1 Å². The predicted molar refractivity (Wildman–Crippen MR) is 69.6 cm³/mol. The van der Waals surface area contributed by atoms with Crippen LogP contribution in [0.4, 0.5) is 0 Å². The van der Waals surface area contributed by atoms with Gasteiger partial charge in [-0.2, -0.15) is 0 Å². The standard InChI is InChI=1S/C13H23N3O/c1-11(2)17-8-7-16(3)10-13-6-4-5-12(9-14)15-13/h4-6,11H,7-10,14H2,1-3H3. The van der Waals surface area contributed by atoms with Crippen molar-refractivity contribution in [2.75, 3.05) is 20.2 Å². The van der Waals surface area contributed by atoms with Crippen LogP contribution in [0, 0.1) is 0 Å². The lowest BCUT2D eigenvalue weighted by molar-refractivity contribution is 0.0625. The zero-order chi connectivity index (χ0) is 12.7. The molecule has 0 unspecified atom stereocenters. The second-order valence-electron chi connectivity index (χ2n) is 4.48. The molecule has 0 aliphatic rings. The van der Waals surface area contributed by atoms with E-state index in [9.17, 15) is 0 Å². The van der Waals surface area contributed by atoms with Crippen molar-refractivity contribution in [3.8, 4) is 0 Å². The third kappa shape index (κ3) is 5.77. The molecule has 0 aliphatic carbocycles. The minimum atomic E-state index is 0.294. The average molecular weight is 237 g/mol. The Morgan fingerprint density at radius 3 is 2.71 bits per heavy atom. The Balaban J connectivity index is 2.36. The first-order valence-electron chi connectivity index (χ1n) is 6.07. The van der Waals surface area contributed by atoms with Crippen LogP contribution in [0.25, 0.3) is 0 Å². The number of nitrogens with two attached hydrogens (primary N) is 1. The Bertz CT molecular complexity index is 328. The largest absolute Gasteiger partial charge is 0.377 e. The lowest BCUT2D eigenvalue weighted by Gasteiger charge is -2.17. The molecule has 0 saturated heterocycles.